The van der Waals surface area contributed by atoms with Crippen molar-refractivity contribution in [2.75, 3.05) is 13.1 Å². The van der Waals surface area contributed by atoms with Gasteiger partial charge < -0.3 is 21.6 Å². The minimum atomic E-state index is -0.278. The molecule has 0 aromatic carbocycles. The summed E-state index contributed by atoms with van der Waals surface area (Å²) in [6, 6.07) is 0. The molecule has 0 saturated carbocycles. The van der Waals surface area contributed by atoms with Gasteiger partial charge in [0.05, 0.1) is 6.10 Å². The Labute approximate surface area is 59.3 Å². The fourth-order valence-electron chi connectivity index (χ4n) is 1.03. The Morgan fingerprint density at radius 2 is 2.40 bits per heavy atom. The number of nitrogens with zero attached hydrogens (tertiary/aromatic N) is 2. The number of aliphatic hydroxyl groups excluding tert-OH is 1. The number of hydrogen-bond donors (Lipinski definition) is 3. The molecule has 0 bridgehead atoms. The predicted molar refractivity (Wildman–Crippen MR) is 38.0 cm³/mol. The van der Waals surface area contributed by atoms with E-state index in [1.807, 2.05) is 0 Å². The molecule has 0 spiro atoms. The first kappa shape index (κ1) is 7.14. The molecule has 1 atom stereocenters. The molecule has 1 aliphatic rings. The van der Waals surface area contributed by atoms with Crippen molar-refractivity contribution in [3.05, 3.63) is 0 Å². The summed E-state index contributed by atoms with van der Waals surface area (Å²) in [5, 5.41) is 12.4. The van der Waals surface area contributed by atoms with Crippen molar-refractivity contribution in [1.82, 2.24) is 4.90 Å². The number of guanidine groups is 1. The molecule has 0 aliphatic carbocycles. The van der Waals surface area contributed by atoms with Crippen LogP contribution in [0.4, 0.5) is 0 Å². The molecule has 1 saturated heterocycles. The van der Waals surface area contributed by atoms with Crippen molar-refractivity contribution in [3.8, 4) is 0 Å². The Bertz CT molecular complexity index is 147. The summed E-state index contributed by atoms with van der Waals surface area (Å²) < 4.78 is 0. The van der Waals surface area contributed by atoms with E-state index in [0.29, 0.717) is 12.5 Å². The van der Waals surface area contributed by atoms with Crippen molar-refractivity contribution in [2.45, 2.75) is 12.5 Å². The van der Waals surface area contributed by atoms with Crippen molar-refractivity contribution >= 4 is 5.96 Å². The molecule has 0 aromatic rings. The number of rotatable bonds is 0. The standard InChI is InChI=1S/C5H12N4O/c6-5(8-7)9-2-1-4(10)3-9/h4,10H,1-3,7H2,(H2,6,8). The van der Waals surface area contributed by atoms with Crippen molar-refractivity contribution in [2.24, 2.45) is 16.7 Å². The fourth-order valence-corrected chi connectivity index (χ4v) is 1.03. The van der Waals surface area contributed by atoms with Crippen LogP contribution in [-0.4, -0.2) is 35.2 Å². The Morgan fingerprint density at radius 3 is 2.80 bits per heavy atom. The fraction of sp³-hybridized carbons (Fsp3) is 0.800. The van der Waals surface area contributed by atoms with Crippen LogP contribution in [0.25, 0.3) is 0 Å². The van der Waals surface area contributed by atoms with E-state index < -0.39 is 0 Å². The quantitative estimate of drug-likeness (QED) is 0.163. The van der Waals surface area contributed by atoms with E-state index >= 15 is 0 Å². The van der Waals surface area contributed by atoms with Crippen LogP contribution in [0.3, 0.4) is 0 Å². The summed E-state index contributed by atoms with van der Waals surface area (Å²) in [4.78, 5) is 1.75. The first-order chi connectivity index (χ1) is 4.74. The first-order valence-electron chi connectivity index (χ1n) is 3.20. The topological polar surface area (TPSA) is 87.9 Å². The molecule has 1 heterocycles. The second kappa shape index (κ2) is 2.74. The smallest absolute Gasteiger partial charge is 0.213 e. The van der Waals surface area contributed by atoms with E-state index in [1.54, 1.807) is 4.90 Å². The molecule has 1 unspecified atom stereocenters. The van der Waals surface area contributed by atoms with Gasteiger partial charge in [-0.2, -0.15) is 0 Å². The maximum Gasteiger partial charge on any atom is 0.213 e. The second-order valence-corrected chi connectivity index (χ2v) is 2.38. The maximum absolute atomic E-state index is 9.05. The minimum absolute atomic E-state index is 0.278. The average molecular weight is 144 g/mol. The molecule has 0 radical (unpaired) electrons. The van der Waals surface area contributed by atoms with E-state index in [1.165, 1.54) is 0 Å². The van der Waals surface area contributed by atoms with E-state index in [4.69, 9.17) is 16.7 Å². The predicted octanol–water partition coefficient (Wildman–Crippen LogP) is -1.76. The summed E-state index contributed by atoms with van der Waals surface area (Å²) in [6.45, 7) is 1.29. The summed E-state index contributed by atoms with van der Waals surface area (Å²) in [5.41, 5.74) is 5.38. The Hall–Kier alpha value is -0.970. The van der Waals surface area contributed by atoms with E-state index in [2.05, 4.69) is 5.10 Å². The van der Waals surface area contributed by atoms with Gasteiger partial charge in [0.2, 0.25) is 5.96 Å². The molecule has 0 aromatic heterocycles. The summed E-state index contributed by atoms with van der Waals surface area (Å²) in [7, 11) is 0. The summed E-state index contributed by atoms with van der Waals surface area (Å²) >= 11 is 0. The van der Waals surface area contributed by atoms with Gasteiger partial charge in [-0.15, -0.1) is 5.10 Å². The molecule has 10 heavy (non-hydrogen) atoms. The molecular weight excluding hydrogens is 132 g/mol. The lowest BCUT2D eigenvalue weighted by molar-refractivity contribution is 0.188. The summed E-state index contributed by atoms with van der Waals surface area (Å²) in [6.07, 6.45) is 0.469. The highest BCUT2D eigenvalue weighted by atomic mass is 16.3. The Kier molecular flexibility index (Phi) is 1.96. The number of likely N-dealkylation sites (tertiary alicyclic amines) is 1. The lowest BCUT2D eigenvalue weighted by atomic mass is 10.3. The van der Waals surface area contributed by atoms with Crippen molar-refractivity contribution < 1.29 is 5.11 Å². The van der Waals surface area contributed by atoms with E-state index in [0.717, 1.165) is 13.0 Å². The van der Waals surface area contributed by atoms with Crippen LogP contribution < -0.4 is 11.6 Å². The molecule has 1 rings (SSSR count). The molecule has 5 heteroatoms. The summed E-state index contributed by atoms with van der Waals surface area (Å²) in [5.74, 6) is 5.24. The van der Waals surface area contributed by atoms with Crippen LogP contribution in [0.5, 0.6) is 0 Å². The van der Waals surface area contributed by atoms with Gasteiger partial charge in [0.1, 0.15) is 0 Å². The van der Waals surface area contributed by atoms with E-state index in [-0.39, 0.29) is 6.10 Å². The molecule has 58 valence electrons. The zero-order valence-corrected chi connectivity index (χ0v) is 5.70. The van der Waals surface area contributed by atoms with Gasteiger partial charge in [-0.25, -0.2) is 0 Å². The van der Waals surface area contributed by atoms with Gasteiger partial charge in [0, 0.05) is 13.1 Å². The average Bonchev–Trinajstić information content (AvgIpc) is 2.34. The van der Waals surface area contributed by atoms with Crippen molar-refractivity contribution in [3.63, 3.8) is 0 Å². The second-order valence-electron chi connectivity index (χ2n) is 2.38. The van der Waals surface area contributed by atoms with Crippen LogP contribution >= 0.6 is 0 Å². The number of hydrazone groups is 1. The van der Waals surface area contributed by atoms with Gasteiger partial charge >= 0.3 is 0 Å². The number of nitrogens with two attached hydrogens (primary N) is 2. The minimum Gasteiger partial charge on any atom is -0.391 e. The van der Waals surface area contributed by atoms with Gasteiger partial charge in [-0.1, -0.05) is 0 Å². The highest BCUT2D eigenvalue weighted by molar-refractivity contribution is 5.77. The normalized spacial score (nSPS) is 27.5. The molecule has 1 aliphatic heterocycles. The number of aliphatic hydroxyl groups is 1. The Morgan fingerprint density at radius 1 is 1.70 bits per heavy atom. The van der Waals surface area contributed by atoms with Gasteiger partial charge in [0.25, 0.3) is 0 Å². The number of hydrogen-bond acceptors (Lipinski definition) is 3. The Balaban J connectivity index is 2.45. The third-order valence-electron chi connectivity index (χ3n) is 1.62. The monoisotopic (exact) mass is 144 g/mol. The zero-order chi connectivity index (χ0) is 7.56. The van der Waals surface area contributed by atoms with Crippen LogP contribution in [0.2, 0.25) is 0 Å². The lowest BCUT2D eigenvalue weighted by Crippen LogP contribution is -2.36. The maximum atomic E-state index is 9.05. The molecule has 0 amide bonds. The van der Waals surface area contributed by atoms with Gasteiger partial charge in [-0.05, 0) is 6.42 Å². The third kappa shape index (κ3) is 1.30. The van der Waals surface area contributed by atoms with Crippen LogP contribution in [0.1, 0.15) is 6.42 Å². The molecule has 5 nitrogen and oxygen atoms in total. The van der Waals surface area contributed by atoms with Crippen LogP contribution in [-0.2, 0) is 0 Å². The SMILES string of the molecule is N/N=C(\N)N1CCC(O)C1. The first-order valence-corrected chi connectivity index (χ1v) is 3.20. The van der Waals surface area contributed by atoms with Crippen LogP contribution in [0.15, 0.2) is 5.10 Å². The number of β-amino-alcohol motifs (C(OH)–C–C–N with tert-alkyl or cyclic N) is 1. The molecular formula is C5H12N4O. The lowest BCUT2D eigenvalue weighted by Gasteiger charge is -2.14. The van der Waals surface area contributed by atoms with Gasteiger partial charge in [0.15, 0.2) is 0 Å². The highest BCUT2D eigenvalue weighted by Crippen LogP contribution is 2.06. The van der Waals surface area contributed by atoms with E-state index in [9.17, 15) is 0 Å². The van der Waals surface area contributed by atoms with Crippen molar-refractivity contribution in [1.29, 1.82) is 0 Å². The highest BCUT2D eigenvalue weighted by Gasteiger charge is 2.21. The molecule has 5 N–H and O–H groups in total. The largest absolute Gasteiger partial charge is 0.391 e. The van der Waals surface area contributed by atoms with Gasteiger partial charge in [-0.3, -0.25) is 0 Å². The zero-order valence-electron chi connectivity index (χ0n) is 5.70. The molecule has 1 fully saturated rings. The van der Waals surface area contributed by atoms with Crippen LogP contribution in [0, 0.1) is 0 Å². The third-order valence-corrected chi connectivity index (χ3v) is 1.62.